The molecule has 1 aromatic carbocycles. The highest BCUT2D eigenvalue weighted by atomic mass is 127. The summed E-state index contributed by atoms with van der Waals surface area (Å²) in [6.45, 7) is 1.11. The molecule has 0 unspecified atom stereocenters. The monoisotopic (exact) mass is 280 g/mol. The zero-order valence-corrected chi connectivity index (χ0v) is 8.69. The maximum atomic E-state index is 9.34. The van der Waals surface area contributed by atoms with Crippen LogP contribution in [0, 0.1) is 3.57 Å². The maximum absolute atomic E-state index is 9.34. The lowest BCUT2D eigenvalue weighted by molar-refractivity contribution is -0.231. The van der Waals surface area contributed by atoms with Gasteiger partial charge in [-0.15, -0.1) is 0 Å². The lowest BCUT2D eigenvalue weighted by Gasteiger charge is -1.80. The Labute approximate surface area is 84.4 Å². The Kier molecular flexibility index (Phi) is 6.69. The molecular weight excluding hydrogens is 271 g/mol. The van der Waals surface area contributed by atoms with Crippen LogP contribution in [0.1, 0.15) is 6.92 Å². The molecule has 0 saturated carbocycles. The van der Waals surface area contributed by atoms with Gasteiger partial charge in [0.2, 0.25) is 0 Å². The average molecular weight is 280 g/mol. The van der Waals surface area contributed by atoms with Gasteiger partial charge >= 0.3 is 5.97 Å². The van der Waals surface area contributed by atoms with Gasteiger partial charge in [-0.25, -0.2) is 4.79 Å². The van der Waals surface area contributed by atoms with Crippen LogP contribution in [0.2, 0.25) is 0 Å². The predicted molar refractivity (Wildman–Crippen MR) is 53.6 cm³/mol. The van der Waals surface area contributed by atoms with E-state index in [1.807, 2.05) is 18.2 Å². The minimum absolute atomic E-state index is 0.690. The number of carbonyl (C=O) groups is 1. The van der Waals surface area contributed by atoms with E-state index in [0.717, 1.165) is 6.92 Å². The highest BCUT2D eigenvalue weighted by Crippen LogP contribution is 1.99. The normalized spacial score (nSPS) is 7.92. The van der Waals surface area contributed by atoms with Gasteiger partial charge in [0.05, 0.1) is 0 Å². The third kappa shape index (κ3) is 7.49. The molecule has 0 aliphatic heterocycles. The zero-order chi connectivity index (χ0) is 9.40. The first-order valence-electron chi connectivity index (χ1n) is 3.19. The average Bonchev–Trinajstić information content (AvgIpc) is 2.07. The highest BCUT2D eigenvalue weighted by molar-refractivity contribution is 14.1. The number of carbonyl (C=O) groups excluding carboxylic acids is 1. The van der Waals surface area contributed by atoms with Crippen LogP contribution >= 0.6 is 22.6 Å². The molecule has 3 nitrogen and oxygen atoms in total. The Morgan fingerprint density at radius 1 is 1.42 bits per heavy atom. The molecule has 0 amide bonds. The van der Waals surface area contributed by atoms with Crippen molar-refractivity contribution < 1.29 is 14.9 Å². The Bertz CT molecular complexity index is 223. The number of benzene rings is 1. The summed E-state index contributed by atoms with van der Waals surface area (Å²) >= 11 is 2.28. The van der Waals surface area contributed by atoms with Gasteiger partial charge in [-0.3, -0.25) is 0 Å². The summed E-state index contributed by atoms with van der Waals surface area (Å²) in [7, 11) is 0. The number of hydrogen-bond donors (Lipinski definition) is 1. The van der Waals surface area contributed by atoms with Crippen LogP contribution in [-0.2, 0) is 9.68 Å². The summed E-state index contributed by atoms with van der Waals surface area (Å²) in [6, 6.07) is 10.2. The molecule has 0 bridgehead atoms. The highest BCUT2D eigenvalue weighted by Gasteiger charge is 1.79. The Balaban J connectivity index is 0.000000217. The van der Waals surface area contributed by atoms with Gasteiger partial charge in [0.25, 0.3) is 0 Å². The van der Waals surface area contributed by atoms with Crippen molar-refractivity contribution in [1.29, 1.82) is 0 Å². The first-order chi connectivity index (χ1) is 5.66. The van der Waals surface area contributed by atoms with Crippen LogP contribution in [0.3, 0.4) is 0 Å². The SMILES string of the molecule is CC(=O)OO.Ic1ccccc1. The van der Waals surface area contributed by atoms with E-state index in [0.29, 0.717) is 0 Å². The molecule has 1 aromatic rings. The second kappa shape index (κ2) is 7.05. The maximum Gasteiger partial charge on any atom is 0.339 e. The largest absolute Gasteiger partial charge is 0.339 e. The molecule has 0 spiro atoms. The Morgan fingerprint density at radius 2 is 1.83 bits per heavy atom. The second-order valence-corrected chi connectivity index (χ2v) is 3.12. The summed E-state index contributed by atoms with van der Waals surface area (Å²) in [5.74, 6) is -0.690. The minimum Gasteiger partial charge on any atom is -0.301 e. The van der Waals surface area contributed by atoms with Crippen LogP contribution < -0.4 is 0 Å². The number of hydrogen-bond acceptors (Lipinski definition) is 3. The van der Waals surface area contributed by atoms with Gasteiger partial charge in [-0.2, -0.15) is 5.26 Å². The summed E-state index contributed by atoms with van der Waals surface area (Å²) in [5.41, 5.74) is 0. The topological polar surface area (TPSA) is 46.5 Å². The number of rotatable bonds is 0. The summed E-state index contributed by atoms with van der Waals surface area (Å²) in [6.07, 6.45) is 0. The standard InChI is InChI=1S/C6H5I.C2H4O3/c7-6-4-2-1-3-5-6;1-2(3)5-4/h1-5H;4H,1H3. The van der Waals surface area contributed by atoms with E-state index in [1.54, 1.807) is 0 Å². The van der Waals surface area contributed by atoms with Gasteiger partial charge in [0, 0.05) is 10.5 Å². The van der Waals surface area contributed by atoms with Crippen LogP contribution in [-0.4, -0.2) is 11.2 Å². The number of halogens is 1. The molecule has 0 aliphatic carbocycles. The Hall–Kier alpha value is -0.620. The lowest BCUT2D eigenvalue weighted by atomic mass is 10.4. The molecule has 0 aromatic heterocycles. The van der Waals surface area contributed by atoms with Crippen LogP contribution in [0.25, 0.3) is 0 Å². The molecule has 66 valence electrons. The summed E-state index contributed by atoms with van der Waals surface area (Å²) < 4.78 is 1.29. The van der Waals surface area contributed by atoms with Crippen molar-refractivity contribution in [3.8, 4) is 0 Å². The summed E-state index contributed by atoms with van der Waals surface area (Å²) in [4.78, 5) is 12.5. The van der Waals surface area contributed by atoms with Crippen molar-refractivity contribution in [1.82, 2.24) is 0 Å². The van der Waals surface area contributed by atoms with Gasteiger partial charge in [0.1, 0.15) is 0 Å². The fourth-order valence-electron chi connectivity index (χ4n) is 0.415. The molecule has 1 N–H and O–H groups in total. The van der Waals surface area contributed by atoms with Crippen molar-refractivity contribution >= 4 is 28.6 Å². The first kappa shape index (κ1) is 11.4. The molecule has 0 fully saturated rings. The minimum atomic E-state index is -0.690. The van der Waals surface area contributed by atoms with Crippen molar-refractivity contribution in [3.63, 3.8) is 0 Å². The van der Waals surface area contributed by atoms with E-state index in [1.165, 1.54) is 3.57 Å². The lowest BCUT2D eigenvalue weighted by Crippen LogP contribution is -1.89. The van der Waals surface area contributed by atoms with Crippen molar-refractivity contribution in [2.75, 3.05) is 0 Å². The molecule has 0 aliphatic rings. The van der Waals surface area contributed by atoms with Crippen molar-refractivity contribution in [2.45, 2.75) is 6.92 Å². The van der Waals surface area contributed by atoms with Crippen LogP contribution in [0.4, 0.5) is 0 Å². The fraction of sp³-hybridized carbons (Fsp3) is 0.125. The second-order valence-electron chi connectivity index (χ2n) is 1.88. The molecular formula is C8H9IO3. The Morgan fingerprint density at radius 3 is 2.00 bits per heavy atom. The predicted octanol–water partition coefficient (Wildman–Crippen LogP) is 2.31. The van der Waals surface area contributed by atoms with E-state index in [2.05, 4.69) is 39.6 Å². The van der Waals surface area contributed by atoms with E-state index >= 15 is 0 Å². The molecule has 12 heavy (non-hydrogen) atoms. The van der Waals surface area contributed by atoms with Gasteiger partial charge < -0.3 is 4.89 Å². The molecule has 0 saturated heterocycles. The summed E-state index contributed by atoms with van der Waals surface area (Å²) in [5, 5.41) is 7.29. The van der Waals surface area contributed by atoms with Crippen LogP contribution in [0.5, 0.6) is 0 Å². The third-order valence-corrected chi connectivity index (χ3v) is 1.58. The first-order valence-corrected chi connectivity index (χ1v) is 4.27. The van der Waals surface area contributed by atoms with Gasteiger partial charge in [0.15, 0.2) is 0 Å². The molecule has 1 rings (SSSR count). The van der Waals surface area contributed by atoms with E-state index in [-0.39, 0.29) is 0 Å². The van der Waals surface area contributed by atoms with Crippen molar-refractivity contribution in [2.24, 2.45) is 0 Å². The fourth-order valence-corrected chi connectivity index (χ4v) is 0.830. The van der Waals surface area contributed by atoms with Gasteiger partial charge in [-0.1, -0.05) is 18.2 Å². The van der Waals surface area contributed by atoms with E-state index in [9.17, 15) is 4.79 Å². The molecule has 0 atom stereocenters. The third-order valence-electron chi connectivity index (χ3n) is 0.862. The van der Waals surface area contributed by atoms with E-state index in [4.69, 9.17) is 5.26 Å². The molecule has 4 heteroatoms. The van der Waals surface area contributed by atoms with Crippen molar-refractivity contribution in [3.05, 3.63) is 33.9 Å². The quantitative estimate of drug-likeness (QED) is 0.450. The molecule has 0 radical (unpaired) electrons. The zero-order valence-electron chi connectivity index (χ0n) is 6.53. The molecule has 0 heterocycles. The van der Waals surface area contributed by atoms with E-state index < -0.39 is 5.97 Å². The van der Waals surface area contributed by atoms with Gasteiger partial charge in [-0.05, 0) is 34.7 Å². The van der Waals surface area contributed by atoms with Crippen LogP contribution in [0.15, 0.2) is 30.3 Å². The smallest absolute Gasteiger partial charge is 0.301 e.